The first-order valence-electron chi connectivity index (χ1n) is 4.70. The second kappa shape index (κ2) is 7.10. The maximum absolute atomic E-state index is 11.4. The highest BCUT2D eigenvalue weighted by Crippen LogP contribution is 2.04. The topological polar surface area (TPSA) is 76.1 Å². The highest BCUT2D eigenvalue weighted by molar-refractivity contribution is 6.28. The van der Waals surface area contributed by atoms with Crippen LogP contribution in [0.4, 0.5) is 5.82 Å². The molecule has 16 heavy (non-hydrogen) atoms. The molecule has 0 saturated carbocycles. The summed E-state index contributed by atoms with van der Waals surface area (Å²) < 4.78 is 4.83. The van der Waals surface area contributed by atoms with Crippen molar-refractivity contribution in [3.05, 3.63) is 17.5 Å². The molecule has 0 saturated heterocycles. The first-order chi connectivity index (χ1) is 7.72. The molecule has 1 aromatic heterocycles. The fraction of sp³-hybridized carbons (Fsp3) is 0.444. The summed E-state index contributed by atoms with van der Waals surface area (Å²) >= 11 is 5.57. The van der Waals surface area contributed by atoms with E-state index >= 15 is 0 Å². The number of aromatic nitrogens is 2. The van der Waals surface area contributed by atoms with E-state index in [0.717, 1.165) is 0 Å². The van der Waals surface area contributed by atoms with Gasteiger partial charge in [-0.05, 0) is 17.7 Å². The average Bonchev–Trinajstić information content (AvgIpc) is 2.24. The maximum Gasteiger partial charge on any atom is 0.239 e. The number of halogens is 1. The summed E-state index contributed by atoms with van der Waals surface area (Å²) in [6.45, 7) is 1.38. The molecular weight excluding hydrogens is 232 g/mol. The lowest BCUT2D eigenvalue weighted by atomic mass is 10.5. The molecule has 1 heterocycles. The molecule has 6 nitrogen and oxygen atoms in total. The Kier molecular flexibility index (Phi) is 5.69. The fourth-order valence-corrected chi connectivity index (χ4v) is 1.12. The molecule has 0 aliphatic rings. The fourth-order valence-electron chi connectivity index (χ4n) is 0.968. The lowest BCUT2D eigenvalue weighted by Crippen LogP contribution is -2.30. The highest BCUT2D eigenvalue weighted by atomic mass is 35.5. The lowest BCUT2D eigenvalue weighted by Gasteiger charge is -2.05. The van der Waals surface area contributed by atoms with Gasteiger partial charge in [0.05, 0.1) is 13.2 Å². The van der Waals surface area contributed by atoms with Crippen LogP contribution in [0.15, 0.2) is 12.3 Å². The molecule has 0 aliphatic carbocycles. The summed E-state index contributed by atoms with van der Waals surface area (Å²) in [5.74, 6) is 0.199. The van der Waals surface area contributed by atoms with Gasteiger partial charge in [0, 0.05) is 19.9 Å². The number of carbonyl (C=O) groups is 1. The van der Waals surface area contributed by atoms with Crippen molar-refractivity contribution < 1.29 is 9.53 Å². The minimum Gasteiger partial charge on any atom is -0.383 e. The zero-order valence-electron chi connectivity index (χ0n) is 8.86. The Hall–Kier alpha value is -1.24. The SMILES string of the molecule is COCCNCC(=O)Nc1ccnc(Cl)n1. The van der Waals surface area contributed by atoms with Gasteiger partial charge in [-0.1, -0.05) is 0 Å². The number of ether oxygens (including phenoxy) is 1. The highest BCUT2D eigenvalue weighted by Gasteiger charge is 2.02. The molecule has 0 unspecified atom stereocenters. The molecule has 0 fully saturated rings. The van der Waals surface area contributed by atoms with Crippen LogP contribution in [0.5, 0.6) is 0 Å². The van der Waals surface area contributed by atoms with Crippen LogP contribution in [0, 0.1) is 0 Å². The predicted molar refractivity (Wildman–Crippen MR) is 60.4 cm³/mol. The van der Waals surface area contributed by atoms with Crippen LogP contribution < -0.4 is 10.6 Å². The van der Waals surface area contributed by atoms with Crippen LogP contribution >= 0.6 is 11.6 Å². The van der Waals surface area contributed by atoms with Gasteiger partial charge in [-0.2, -0.15) is 0 Å². The Bertz CT molecular complexity index is 348. The van der Waals surface area contributed by atoms with Crippen LogP contribution in [-0.4, -0.2) is 42.7 Å². The summed E-state index contributed by atoms with van der Waals surface area (Å²) in [6, 6.07) is 1.57. The molecule has 1 rings (SSSR count). The Labute approximate surface area is 98.4 Å². The van der Waals surface area contributed by atoms with Crippen LogP contribution in [-0.2, 0) is 9.53 Å². The van der Waals surface area contributed by atoms with Crippen LogP contribution in [0.2, 0.25) is 5.28 Å². The van der Waals surface area contributed by atoms with Gasteiger partial charge in [0.25, 0.3) is 0 Å². The zero-order valence-corrected chi connectivity index (χ0v) is 9.62. The van der Waals surface area contributed by atoms with Crippen LogP contribution in [0.25, 0.3) is 0 Å². The van der Waals surface area contributed by atoms with Crippen LogP contribution in [0.1, 0.15) is 0 Å². The number of nitrogens with zero attached hydrogens (tertiary/aromatic N) is 2. The second-order valence-corrected chi connectivity index (χ2v) is 3.27. The maximum atomic E-state index is 11.4. The van der Waals surface area contributed by atoms with E-state index in [2.05, 4.69) is 20.6 Å². The monoisotopic (exact) mass is 244 g/mol. The third-order valence-electron chi connectivity index (χ3n) is 1.66. The number of rotatable bonds is 6. The second-order valence-electron chi connectivity index (χ2n) is 2.93. The molecule has 0 spiro atoms. The molecule has 7 heteroatoms. The van der Waals surface area contributed by atoms with Crippen molar-refractivity contribution in [3.63, 3.8) is 0 Å². The number of hydrogen-bond donors (Lipinski definition) is 2. The summed E-state index contributed by atoms with van der Waals surface area (Å²) in [5, 5.41) is 5.59. The molecule has 1 aromatic rings. The molecule has 0 atom stereocenters. The molecule has 0 bridgehead atoms. The lowest BCUT2D eigenvalue weighted by molar-refractivity contribution is -0.115. The Morgan fingerprint density at radius 1 is 1.62 bits per heavy atom. The molecule has 0 aliphatic heterocycles. The van der Waals surface area contributed by atoms with Crippen molar-refractivity contribution in [1.29, 1.82) is 0 Å². The van der Waals surface area contributed by atoms with Gasteiger partial charge >= 0.3 is 0 Å². The van der Waals surface area contributed by atoms with Crippen molar-refractivity contribution in [2.45, 2.75) is 0 Å². The van der Waals surface area contributed by atoms with E-state index in [9.17, 15) is 4.79 Å². The number of amides is 1. The zero-order chi connectivity index (χ0) is 11.8. The predicted octanol–water partition coefficient (Wildman–Crippen LogP) is 0.304. The number of nitrogens with one attached hydrogen (secondary N) is 2. The van der Waals surface area contributed by atoms with Crippen molar-refractivity contribution in [2.24, 2.45) is 0 Å². The van der Waals surface area contributed by atoms with E-state index in [4.69, 9.17) is 16.3 Å². The van der Waals surface area contributed by atoms with Crippen molar-refractivity contribution in [3.8, 4) is 0 Å². The van der Waals surface area contributed by atoms with E-state index < -0.39 is 0 Å². The van der Waals surface area contributed by atoms with Gasteiger partial charge in [0.15, 0.2) is 0 Å². The molecular formula is C9H13ClN4O2. The number of hydrogen-bond acceptors (Lipinski definition) is 5. The standard InChI is InChI=1S/C9H13ClN4O2/c1-16-5-4-11-6-8(15)13-7-2-3-12-9(10)14-7/h2-3,11H,4-6H2,1H3,(H,12,13,14,15). The van der Waals surface area contributed by atoms with Gasteiger partial charge in [0.2, 0.25) is 11.2 Å². The van der Waals surface area contributed by atoms with Gasteiger partial charge in [-0.15, -0.1) is 0 Å². The normalized spacial score (nSPS) is 10.1. The average molecular weight is 245 g/mol. The third-order valence-corrected chi connectivity index (χ3v) is 1.84. The number of carbonyl (C=O) groups excluding carboxylic acids is 1. The molecule has 1 amide bonds. The smallest absolute Gasteiger partial charge is 0.239 e. The first kappa shape index (κ1) is 12.8. The minimum atomic E-state index is -0.189. The summed E-state index contributed by atoms with van der Waals surface area (Å²) in [6.07, 6.45) is 1.48. The van der Waals surface area contributed by atoms with E-state index in [0.29, 0.717) is 19.0 Å². The minimum absolute atomic E-state index is 0.102. The van der Waals surface area contributed by atoms with E-state index in [1.165, 1.54) is 6.20 Å². The van der Waals surface area contributed by atoms with Gasteiger partial charge in [-0.3, -0.25) is 4.79 Å². The van der Waals surface area contributed by atoms with Crippen LogP contribution in [0.3, 0.4) is 0 Å². The Morgan fingerprint density at radius 3 is 3.12 bits per heavy atom. The largest absolute Gasteiger partial charge is 0.383 e. The van der Waals surface area contributed by atoms with E-state index in [1.54, 1.807) is 13.2 Å². The first-order valence-corrected chi connectivity index (χ1v) is 5.08. The van der Waals surface area contributed by atoms with E-state index in [1.807, 2.05) is 0 Å². The number of anilines is 1. The molecule has 2 N–H and O–H groups in total. The summed E-state index contributed by atoms with van der Waals surface area (Å²) in [5.41, 5.74) is 0. The Morgan fingerprint density at radius 2 is 2.44 bits per heavy atom. The van der Waals surface area contributed by atoms with Crippen molar-refractivity contribution in [1.82, 2.24) is 15.3 Å². The van der Waals surface area contributed by atoms with Crippen molar-refractivity contribution >= 4 is 23.3 Å². The molecule has 0 radical (unpaired) electrons. The van der Waals surface area contributed by atoms with Crippen molar-refractivity contribution in [2.75, 3.05) is 32.1 Å². The van der Waals surface area contributed by atoms with Gasteiger partial charge in [0.1, 0.15) is 5.82 Å². The Balaban J connectivity index is 2.29. The van der Waals surface area contributed by atoms with Gasteiger partial charge < -0.3 is 15.4 Å². The summed E-state index contributed by atoms with van der Waals surface area (Å²) in [7, 11) is 1.60. The quantitative estimate of drug-likeness (QED) is 0.556. The van der Waals surface area contributed by atoms with Gasteiger partial charge in [-0.25, -0.2) is 9.97 Å². The summed E-state index contributed by atoms with van der Waals surface area (Å²) in [4.78, 5) is 18.9. The van der Waals surface area contributed by atoms with E-state index in [-0.39, 0.29) is 17.7 Å². The third kappa shape index (κ3) is 5.01. The molecule has 88 valence electrons. The number of methoxy groups -OCH3 is 1. The molecule has 0 aromatic carbocycles.